The largest absolute Gasteiger partial charge is 0.544 e. The standard InChI is InChI=1S/C16H21NO2Si/c1-13(17-12-14-8-7-11-18-14)15-9-5-6-10-16(15)19-20(2,3)4/h5-13H,1-4H3/b17-12+. The molecule has 0 radical (unpaired) electrons. The Kier molecular flexibility index (Phi) is 4.45. The molecular formula is C16H21NO2Si. The zero-order valence-corrected chi connectivity index (χ0v) is 13.5. The van der Waals surface area contributed by atoms with Crippen LogP contribution in [0.25, 0.3) is 0 Å². The molecule has 0 bridgehead atoms. The van der Waals surface area contributed by atoms with Gasteiger partial charge in [-0.2, -0.15) is 0 Å². The Labute approximate surface area is 121 Å². The van der Waals surface area contributed by atoms with Gasteiger partial charge in [0.25, 0.3) is 0 Å². The normalized spacial score (nSPS) is 13.6. The SMILES string of the molecule is CC(/N=C/c1ccco1)c1ccccc1O[Si](C)(C)C. The van der Waals surface area contributed by atoms with E-state index in [1.807, 2.05) is 30.3 Å². The highest BCUT2D eigenvalue weighted by molar-refractivity contribution is 6.70. The van der Waals surface area contributed by atoms with Crippen molar-refractivity contribution in [3.05, 3.63) is 54.0 Å². The van der Waals surface area contributed by atoms with Crippen LogP contribution < -0.4 is 4.43 Å². The van der Waals surface area contributed by atoms with Crippen molar-refractivity contribution in [1.82, 2.24) is 0 Å². The van der Waals surface area contributed by atoms with Gasteiger partial charge in [-0.25, -0.2) is 0 Å². The number of para-hydroxylation sites is 1. The molecule has 2 aromatic rings. The molecule has 20 heavy (non-hydrogen) atoms. The van der Waals surface area contributed by atoms with Crippen molar-refractivity contribution in [2.75, 3.05) is 0 Å². The molecule has 0 aliphatic rings. The van der Waals surface area contributed by atoms with Crippen LogP contribution in [0.3, 0.4) is 0 Å². The first-order chi connectivity index (χ1) is 9.46. The lowest BCUT2D eigenvalue weighted by atomic mass is 10.1. The van der Waals surface area contributed by atoms with E-state index in [9.17, 15) is 0 Å². The lowest BCUT2D eigenvalue weighted by Crippen LogP contribution is -2.29. The van der Waals surface area contributed by atoms with Crippen molar-refractivity contribution in [2.24, 2.45) is 4.99 Å². The number of hydrogen-bond acceptors (Lipinski definition) is 3. The van der Waals surface area contributed by atoms with Crippen LogP contribution in [-0.4, -0.2) is 14.5 Å². The molecule has 1 heterocycles. The first-order valence-electron chi connectivity index (χ1n) is 6.80. The fourth-order valence-corrected chi connectivity index (χ4v) is 2.72. The van der Waals surface area contributed by atoms with Crippen molar-refractivity contribution >= 4 is 14.5 Å². The number of nitrogens with zero attached hydrogens (tertiary/aromatic N) is 1. The molecule has 1 atom stereocenters. The number of rotatable bonds is 5. The Morgan fingerprint density at radius 1 is 1.15 bits per heavy atom. The third-order valence-corrected chi connectivity index (χ3v) is 3.59. The molecule has 1 aromatic carbocycles. The topological polar surface area (TPSA) is 34.7 Å². The predicted octanol–water partition coefficient (Wildman–Crippen LogP) is 4.67. The Morgan fingerprint density at radius 2 is 1.90 bits per heavy atom. The summed E-state index contributed by atoms with van der Waals surface area (Å²) in [5, 5.41) is 0. The monoisotopic (exact) mass is 287 g/mol. The average molecular weight is 287 g/mol. The van der Waals surface area contributed by atoms with Gasteiger partial charge in [0.15, 0.2) is 0 Å². The predicted molar refractivity (Wildman–Crippen MR) is 85.1 cm³/mol. The fourth-order valence-electron chi connectivity index (χ4n) is 1.88. The average Bonchev–Trinajstić information content (AvgIpc) is 2.88. The number of benzene rings is 1. The van der Waals surface area contributed by atoms with E-state index in [0.717, 1.165) is 17.1 Å². The summed E-state index contributed by atoms with van der Waals surface area (Å²) >= 11 is 0. The van der Waals surface area contributed by atoms with Crippen LogP contribution >= 0.6 is 0 Å². The van der Waals surface area contributed by atoms with Gasteiger partial charge < -0.3 is 8.84 Å². The minimum absolute atomic E-state index is 0.0349. The first kappa shape index (κ1) is 14.6. The van der Waals surface area contributed by atoms with E-state index < -0.39 is 8.32 Å². The first-order valence-corrected chi connectivity index (χ1v) is 10.2. The Morgan fingerprint density at radius 3 is 2.55 bits per heavy atom. The van der Waals surface area contributed by atoms with Gasteiger partial charge >= 0.3 is 0 Å². The second-order valence-corrected chi connectivity index (χ2v) is 10.2. The second kappa shape index (κ2) is 6.09. The van der Waals surface area contributed by atoms with E-state index in [1.54, 1.807) is 12.5 Å². The van der Waals surface area contributed by atoms with E-state index in [1.165, 1.54) is 0 Å². The summed E-state index contributed by atoms with van der Waals surface area (Å²) < 4.78 is 11.4. The van der Waals surface area contributed by atoms with Gasteiger partial charge in [0, 0.05) is 5.56 Å². The highest BCUT2D eigenvalue weighted by Crippen LogP contribution is 2.29. The molecule has 0 spiro atoms. The Bertz CT molecular complexity index is 570. The number of furan rings is 1. The van der Waals surface area contributed by atoms with E-state index in [4.69, 9.17) is 8.84 Å². The van der Waals surface area contributed by atoms with Crippen LogP contribution in [0.2, 0.25) is 19.6 Å². The molecule has 0 aliphatic heterocycles. The Hall–Kier alpha value is -1.81. The van der Waals surface area contributed by atoms with Crippen LogP contribution in [0.5, 0.6) is 5.75 Å². The molecule has 0 saturated heterocycles. The van der Waals surface area contributed by atoms with Crippen LogP contribution in [0.4, 0.5) is 0 Å². The molecule has 0 saturated carbocycles. The smallest absolute Gasteiger partial charge is 0.242 e. The molecule has 4 heteroatoms. The summed E-state index contributed by atoms with van der Waals surface area (Å²) in [7, 11) is -1.62. The molecule has 1 aromatic heterocycles. The number of hydrogen-bond donors (Lipinski definition) is 0. The van der Waals surface area contributed by atoms with Crippen LogP contribution in [-0.2, 0) is 0 Å². The molecule has 0 aliphatic carbocycles. The lowest BCUT2D eigenvalue weighted by molar-refractivity contribution is 0.541. The van der Waals surface area contributed by atoms with Gasteiger partial charge in [0.05, 0.1) is 18.5 Å². The van der Waals surface area contributed by atoms with Crippen molar-refractivity contribution in [1.29, 1.82) is 0 Å². The highest BCUT2D eigenvalue weighted by Gasteiger charge is 2.19. The molecule has 0 fully saturated rings. The van der Waals surface area contributed by atoms with E-state index in [2.05, 4.69) is 37.6 Å². The maximum absolute atomic E-state index is 6.13. The summed E-state index contributed by atoms with van der Waals surface area (Å²) in [6, 6.07) is 11.9. The highest BCUT2D eigenvalue weighted by atomic mass is 28.4. The zero-order chi connectivity index (χ0) is 14.6. The zero-order valence-electron chi connectivity index (χ0n) is 12.5. The van der Waals surface area contributed by atoms with Gasteiger partial charge in [0.2, 0.25) is 8.32 Å². The van der Waals surface area contributed by atoms with Crippen molar-refractivity contribution in [2.45, 2.75) is 32.6 Å². The van der Waals surface area contributed by atoms with Crippen LogP contribution in [0, 0.1) is 0 Å². The Balaban J connectivity index is 2.19. The molecule has 2 rings (SSSR count). The number of aliphatic imine (C=N–C) groups is 1. The van der Waals surface area contributed by atoms with Gasteiger partial charge in [-0.05, 0) is 44.8 Å². The summed E-state index contributed by atoms with van der Waals surface area (Å²) in [4.78, 5) is 4.54. The van der Waals surface area contributed by atoms with Gasteiger partial charge in [-0.1, -0.05) is 18.2 Å². The minimum Gasteiger partial charge on any atom is -0.544 e. The van der Waals surface area contributed by atoms with Crippen LogP contribution in [0.1, 0.15) is 24.3 Å². The molecule has 106 valence electrons. The minimum atomic E-state index is -1.62. The van der Waals surface area contributed by atoms with Gasteiger partial charge in [-0.15, -0.1) is 0 Å². The summed E-state index contributed by atoms with van der Waals surface area (Å²) in [6.45, 7) is 8.60. The molecule has 3 nitrogen and oxygen atoms in total. The van der Waals surface area contributed by atoms with E-state index in [0.29, 0.717) is 0 Å². The maximum atomic E-state index is 6.13. The fraction of sp³-hybridized carbons (Fsp3) is 0.312. The molecule has 0 amide bonds. The molecule has 1 unspecified atom stereocenters. The van der Waals surface area contributed by atoms with Crippen molar-refractivity contribution in [3.8, 4) is 5.75 Å². The van der Waals surface area contributed by atoms with E-state index >= 15 is 0 Å². The van der Waals surface area contributed by atoms with Crippen molar-refractivity contribution < 1.29 is 8.84 Å². The summed E-state index contributed by atoms with van der Waals surface area (Å²) in [6.07, 6.45) is 3.41. The van der Waals surface area contributed by atoms with E-state index in [-0.39, 0.29) is 6.04 Å². The van der Waals surface area contributed by atoms with Gasteiger partial charge in [0.1, 0.15) is 11.5 Å². The maximum Gasteiger partial charge on any atom is 0.242 e. The quantitative estimate of drug-likeness (QED) is 0.591. The van der Waals surface area contributed by atoms with Crippen LogP contribution in [0.15, 0.2) is 52.1 Å². The molecule has 0 N–H and O–H groups in total. The van der Waals surface area contributed by atoms with Crippen molar-refractivity contribution in [3.63, 3.8) is 0 Å². The lowest BCUT2D eigenvalue weighted by Gasteiger charge is -2.22. The summed E-state index contributed by atoms with van der Waals surface area (Å²) in [5.41, 5.74) is 1.11. The molecular weight excluding hydrogens is 266 g/mol. The third kappa shape index (κ3) is 4.10. The second-order valence-electron chi connectivity index (χ2n) is 5.72. The van der Waals surface area contributed by atoms with Gasteiger partial charge in [-0.3, -0.25) is 4.99 Å². The third-order valence-electron chi connectivity index (χ3n) is 2.75. The summed E-state index contributed by atoms with van der Waals surface area (Å²) in [5.74, 6) is 1.70.